The summed E-state index contributed by atoms with van der Waals surface area (Å²) in [5, 5.41) is 0. The van der Waals surface area contributed by atoms with E-state index >= 15 is 0 Å². The van der Waals surface area contributed by atoms with E-state index in [2.05, 4.69) is 13.8 Å². The Morgan fingerprint density at radius 3 is 2.00 bits per heavy atom. The number of rotatable bonds is 9. The van der Waals surface area contributed by atoms with Gasteiger partial charge < -0.3 is 0 Å². The van der Waals surface area contributed by atoms with E-state index in [1.165, 1.54) is 0 Å². The fourth-order valence-electron chi connectivity index (χ4n) is 1.63. The van der Waals surface area contributed by atoms with Crippen LogP contribution in [0.15, 0.2) is 0 Å². The van der Waals surface area contributed by atoms with Crippen molar-refractivity contribution in [2.45, 2.75) is 58.1 Å². The van der Waals surface area contributed by atoms with Gasteiger partial charge in [0.05, 0.1) is 16.3 Å². The fraction of sp³-hybridized carbons (Fsp3) is 1.00. The number of thiol groups is 1. The van der Waals surface area contributed by atoms with Crippen LogP contribution in [0.1, 0.15) is 53.4 Å². The molecular weight excluding hydrogens is 272 g/mol. The first-order chi connectivity index (χ1) is 8.07. The van der Waals surface area contributed by atoms with E-state index in [9.17, 15) is 16.8 Å². The minimum atomic E-state index is -3.02. The van der Waals surface area contributed by atoms with Crippen LogP contribution >= 0.6 is 0 Å². The van der Waals surface area contributed by atoms with Crippen molar-refractivity contribution in [1.82, 2.24) is 0 Å². The summed E-state index contributed by atoms with van der Waals surface area (Å²) in [5.74, 6) is 0.830. The topological polar surface area (TPSA) is 68.3 Å². The molecule has 0 rings (SSSR count). The molecule has 0 aromatic heterocycles. The SMILES string of the molecule is CC(C)CCCS(=O)(=O)CCCC(C)(C)[SH](=O)=O. The summed E-state index contributed by atoms with van der Waals surface area (Å²) in [5.41, 5.74) is 0. The third-order valence-corrected chi connectivity index (χ3v) is 6.01. The van der Waals surface area contributed by atoms with Gasteiger partial charge in [-0.2, -0.15) is 0 Å². The highest BCUT2D eigenvalue weighted by molar-refractivity contribution is 7.91. The molecule has 0 N–H and O–H groups in total. The van der Waals surface area contributed by atoms with Gasteiger partial charge in [0.15, 0.2) is 0 Å². The summed E-state index contributed by atoms with van der Waals surface area (Å²) in [6, 6.07) is 0. The van der Waals surface area contributed by atoms with Gasteiger partial charge in [0.25, 0.3) is 0 Å². The second-order valence-electron chi connectivity index (χ2n) is 5.86. The highest BCUT2D eigenvalue weighted by Crippen LogP contribution is 2.17. The third-order valence-electron chi connectivity index (χ3n) is 2.97. The molecule has 0 aromatic carbocycles. The molecule has 4 nitrogen and oxygen atoms in total. The van der Waals surface area contributed by atoms with Crippen LogP contribution in [0, 0.1) is 5.92 Å². The van der Waals surface area contributed by atoms with Gasteiger partial charge in [-0.05, 0) is 39.0 Å². The summed E-state index contributed by atoms with van der Waals surface area (Å²) in [4.78, 5) is 0. The molecule has 0 saturated carbocycles. The number of hydrogen-bond donors (Lipinski definition) is 1. The molecule has 0 heterocycles. The van der Waals surface area contributed by atoms with Gasteiger partial charge >= 0.3 is 0 Å². The Kier molecular flexibility index (Phi) is 7.44. The van der Waals surface area contributed by atoms with Crippen LogP contribution in [0.3, 0.4) is 0 Å². The van der Waals surface area contributed by atoms with Crippen LogP contribution in [-0.4, -0.2) is 33.1 Å². The molecule has 0 fully saturated rings. The average molecular weight is 298 g/mol. The standard InChI is InChI=1S/C12H26O4S2/c1-11(2)7-5-9-18(15,16)10-6-8-12(3,4)17(13)14/h11,17H,5-10H2,1-4H3. The summed E-state index contributed by atoms with van der Waals surface area (Å²) >= 11 is 0. The maximum atomic E-state index is 11.7. The van der Waals surface area contributed by atoms with Crippen LogP contribution in [0.2, 0.25) is 0 Å². The van der Waals surface area contributed by atoms with Crippen molar-refractivity contribution >= 4 is 20.5 Å². The van der Waals surface area contributed by atoms with E-state index in [-0.39, 0.29) is 11.5 Å². The van der Waals surface area contributed by atoms with Crippen molar-refractivity contribution in [1.29, 1.82) is 0 Å². The quantitative estimate of drug-likeness (QED) is 0.661. The summed E-state index contributed by atoms with van der Waals surface area (Å²) in [6.45, 7) is 7.40. The Morgan fingerprint density at radius 1 is 1.06 bits per heavy atom. The van der Waals surface area contributed by atoms with Gasteiger partial charge in [0.2, 0.25) is 0 Å². The summed E-state index contributed by atoms with van der Waals surface area (Å²) in [6.07, 6.45) is 2.42. The fourth-order valence-corrected chi connectivity index (χ4v) is 3.37. The molecule has 0 aliphatic carbocycles. The minimum absolute atomic E-state index is 0.0949. The van der Waals surface area contributed by atoms with Crippen molar-refractivity contribution < 1.29 is 16.8 Å². The van der Waals surface area contributed by atoms with Crippen molar-refractivity contribution in [2.75, 3.05) is 11.5 Å². The highest BCUT2D eigenvalue weighted by atomic mass is 32.2. The monoisotopic (exact) mass is 298 g/mol. The lowest BCUT2D eigenvalue weighted by atomic mass is 10.1. The smallest absolute Gasteiger partial charge is 0.150 e. The Morgan fingerprint density at radius 2 is 1.56 bits per heavy atom. The lowest BCUT2D eigenvalue weighted by molar-refractivity contribution is 0.534. The molecule has 0 bridgehead atoms. The van der Waals surface area contributed by atoms with Gasteiger partial charge in [-0.25, -0.2) is 16.8 Å². The number of hydrogen-bond acceptors (Lipinski definition) is 4. The zero-order chi connectivity index (χ0) is 14.4. The summed E-state index contributed by atoms with van der Waals surface area (Å²) in [7, 11) is -5.53. The lowest BCUT2D eigenvalue weighted by Gasteiger charge is -2.16. The van der Waals surface area contributed by atoms with Crippen LogP contribution in [0.5, 0.6) is 0 Å². The predicted octanol–water partition coefficient (Wildman–Crippen LogP) is 2.01. The van der Waals surface area contributed by atoms with Crippen molar-refractivity contribution in [3.05, 3.63) is 0 Å². The molecular formula is C12H26O4S2. The van der Waals surface area contributed by atoms with Gasteiger partial charge in [0.1, 0.15) is 20.5 Å². The van der Waals surface area contributed by atoms with E-state index < -0.39 is 25.3 Å². The first-order valence-corrected chi connectivity index (χ1v) is 9.41. The first kappa shape index (κ1) is 17.9. The van der Waals surface area contributed by atoms with E-state index in [0.717, 1.165) is 6.42 Å². The normalized spacial score (nSPS) is 13.4. The molecule has 18 heavy (non-hydrogen) atoms. The Labute approximate surface area is 113 Å². The van der Waals surface area contributed by atoms with E-state index in [0.29, 0.717) is 25.2 Å². The van der Waals surface area contributed by atoms with Gasteiger partial charge in [-0.15, -0.1) is 0 Å². The molecule has 110 valence electrons. The molecule has 0 aromatic rings. The Bertz CT molecular complexity index is 398. The van der Waals surface area contributed by atoms with E-state index in [1.807, 2.05) is 0 Å². The summed E-state index contributed by atoms with van der Waals surface area (Å²) < 4.78 is 44.5. The zero-order valence-electron chi connectivity index (χ0n) is 11.8. The largest absolute Gasteiger partial charge is 0.231 e. The third kappa shape index (κ3) is 8.08. The van der Waals surface area contributed by atoms with E-state index in [4.69, 9.17) is 0 Å². The van der Waals surface area contributed by atoms with Gasteiger partial charge in [-0.3, -0.25) is 0 Å². The van der Waals surface area contributed by atoms with Crippen molar-refractivity contribution in [2.24, 2.45) is 5.92 Å². The van der Waals surface area contributed by atoms with E-state index in [1.54, 1.807) is 13.8 Å². The molecule has 0 aliphatic rings. The molecule has 0 amide bonds. The molecule has 0 spiro atoms. The van der Waals surface area contributed by atoms with Crippen molar-refractivity contribution in [3.63, 3.8) is 0 Å². The molecule has 0 aliphatic heterocycles. The Balaban J connectivity index is 4.05. The lowest BCUT2D eigenvalue weighted by Crippen LogP contribution is -2.23. The number of sulfone groups is 1. The zero-order valence-corrected chi connectivity index (χ0v) is 13.5. The molecule has 6 heteroatoms. The molecule has 0 unspecified atom stereocenters. The van der Waals surface area contributed by atoms with Crippen LogP contribution < -0.4 is 0 Å². The van der Waals surface area contributed by atoms with Gasteiger partial charge in [0, 0.05) is 0 Å². The van der Waals surface area contributed by atoms with Gasteiger partial charge in [-0.1, -0.05) is 20.3 Å². The van der Waals surface area contributed by atoms with Crippen LogP contribution in [-0.2, 0) is 20.5 Å². The maximum Gasteiger partial charge on any atom is 0.150 e. The molecule has 0 radical (unpaired) electrons. The van der Waals surface area contributed by atoms with Crippen LogP contribution in [0.4, 0.5) is 0 Å². The second kappa shape index (κ2) is 7.48. The van der Waals surface area contributed by atoms with Crippen molar-refractivity contribution in [3.8, 4) is 0 Å². The highest BCUT2D eigenvalue weighted by Gasteiger charge is 2.22. The Hall–Kier alpha value is -0.100. The molecule has 0 saturated heterocycles. The first-order valence-electron chi connectivity index (χ1n) is 6.42. The maximum absolute atomic E-state index is 11.7. The second-order valence-corrected chi connectivity index (χ2v) is 9.89. The molecule has 0 atom stereocenters. The minimum Gasteiger partial charge on any atom is -0.231 e. The predicted molar refractivity (Wildman–Crippen MR) is 76.4 cm³/mol. The van der Waals surface area contributed by atoms with Crippen LogP contribution in [0.25, 0.3) is 0 Å². The average Bonchev–Trinajstić information content (AvgIpc) is 2.15.